The number of nitrogens with zero attached hydrogens (tertiary/aromatic N) is 3. The van der Waals surface area contributed by atoms with Crippen LogP contribution in [0.2, 0.25) is 5.02 Å². The van der Waals surface area contributed by atoms with Gasteiger partial charge in [-0.15, -0.1) is 0 Å². The molecule has 0 spiro atoms. The standard InChI is InChI=1S/C19H22ClN3O2/c1-2-15-3-6-17(7-4-15)25-14-19(24)23-11-9-22(10-12-23)18-8-5-16(20)13-21-18/h3-8,13H,2,9-12,14H2,1H3. The average molecular weight is 360 g/mol. The lowest BCUT2D eigenvalue weighted by Gasteiger charge is -2.35. The summed E-state index contributed by atoms with van der Waals surface area (Å²) in [7, 11) is 0. The van der Waals surface area contributed by atoms with Gasteiger partial charge >= 0.3 is 0 Å². The summed E-state index contributed by atoms with van der Waals surface area (Å²) < 4.78 is 5.61. The summed E-state index contributed by atoms with van der Waals surface area (Å²) in [5, 5.41) is 0.627. The molecule has 0 N–H and O–H groups in total. The van der Waals surface area contributed by atoms with Crippen LogP contribution in [-0.4, -0.2) is 48.6 Å². The Balaban J connectivity index is 1.47. The molecule has 1 aliphatic heterocycles. The fraction of sp³-hybridized carbons (Fsp3) is 0.368. The first-order valence-electron chi connectivity index (χ1n) is 8.51. The summed E-state index contributed by atoms with van der Waals surface area (Å²) in [6, 6.07) is 11.6. The number of carbonyl (C=O) groups excluding carboxylic acids is 1. The Morgan fingerprint density at radius 3 is 2.44 bits per heavy atom. The number of benzene rings is 1. The van der Waals surface area contributed by atoms with Crippen LogP contribution >= 0.6 is 11.6 Å². The number of hydrogen-bond donors (Lipinski definition) is 0. The predicted octanol–water partition coefficient (Wildman–Crippen LogP) is 3.03. The summed E-state index contributed by atoms with van der Waals surface area (Å²) in [4.78, 5) is 20.7. The second-order valence-electron chi connectivity index (χ2n) is 5.99. The van der Waals surface area contributed by atoms with Crippen molar-refractivity contribution in [2.75, 3.05) is 37.7 Å². The molecule has 6 heteroatoms. The van der Waals surface area contributed by atoms with E-state index in [1.165, 1.54) is 5.56 Å². The lowest BCUT2D eigenvalue weighted by atomic mass is 10.2. The number of amides is 1. The largest absolute Gasteiger partial charge is 0.484 e. The minimum atomic E-state index is 0.0169. The van der Waals surface area contributed by atoms with E-state index in [4.69, 9.17) is 16.3 Å². The van der Waals surface area contributed by atoms with E-state index >= 15 is 0 Å². The average Bonchev–Trinajstić information content (AvgIpc) is 2.67. The van der Waals surface area contributed by atoms with Gasteiger partial charge in [0.25, 0.3) is 5.91 Å². The van der Waals surface area contributed by atoms with Gasteiger partial charge in [-0.25, -0.2) is 4.98 Å². The van der Waals surface area contributed by atoms with Crippen LogP contribution in [0.4, 0.5) is 5.82 Å². The van der Waals surface area contributed by atoms with Gasteiger partial charge in [0.15, 0.2) is 6.61 Å². The molecule has 0 bridgehead atoms. The van der Waals surface area contributed by atoms with E-state index in [2.05, 4.69) is 16.8 Å². The highest BCUT2D eigenvalue weighted by Gasteiger charge is 2.22. The zero-order valence-electron chi connectivity index (χ0n) is 14.3. The van der Waals surface area contributed by atoms with Gasteiger partial charge in [0.2, 0.25) is 0 Å². The monoisotopic (exact) mass is 359 g/mol. The molecule has 2 aromatic rings. The van der Waals surface area contributed by atoms with E-state index in [0.717, 1.165) is 31.1 Å². The first-order chi connectivity index (χ1) is 12.2. The smallest absolute Gasteiger partial charge is 0.260 e. The van der Waals surface area contributed by atoms with Gasteiger partial charge in [-0.2, -0.15) is 0 Å². The van der Waals surface area contributed by atoms with Crippen LogP contribution in [0, 0.1) is 0 Å². The van der Waals surface area contributed by atoms with Crippen molar-refractivity contribution < 1.29 is 9.53 Å². The third-order valence-corrected chi connectivity index (χ3v) is 4.59. The van der Waals surface area contributed by atoms with Gasteiger partial charge < -0.3 is 14.5 Å². The van der Waals surface area contributed by atoms with Crippen LogP contribution < -0.4 is 9.64 Å². The molecular weight excluding hydrogens is 338 g/mol. The van der Waals surface area contributed by atoms with Crippen molar-refractivity contribution in [1.82, 2.24) is 9.88 Å². The Labute approximate surface area is 153 Å². The van der Waals surface area contributed by atoms with Crippen molar-refractivity contribution in [2.24, 2.45) is 0 Å². The molecule has 0 atom stereocenters. The molecule has 1 aromatic carbocycles. The normalized spacial score (nSPS) is 14.5. The molecule has 1 aromatic heterocycles. The van der Waals surface area contributed by atoms with Crippen molar-refractivity contribution in [1.29, 1.82) is 0 Å². The van der Waals surface area contributed by atoms with Crippen LogP contribution in [0.3, 0.4) is 0 Å². The molecule has 0 radical (unpaired) electrons. The second-order valence-corrected chi connectivity index (χ2v) is 6.43. The molecule has 1 aliphatic rings. The highest BCUT2D eigenvalue weighted by molar-refractivity contribution is 6.30. The number of piperazine rings is 1. The number of carbonyl (C=O) groups is 1. The van der Waals surface area contributed by atoms with Gasteiger partial charge in [-0.1, -0.05) is 30.7 Å². The van der Waals surface area contributed by atoms with Gasteiger partial charge in [0, 0.05) is 32.4 Å². The number of hydrogen-bond acceptors (Lipinski definition) is 4. The van der Waals surface area contributed by atoms with Crippen LogP contribution in [0.25, 0.3) is 0 Å². The maximum absolute atomic E-state index is 12.3. The third kappa shape index (κ3) is 4.63. The molecule has 0 unspecified atom stereocenters. The predicted molar refractivity (Wildman–Crippen MR) is 99.4 cm³/mol. The number of ether oxygens (including phenoxy) is 1. The Morgan fingerprint density at radius 2 is 1.84 bits per heavy atom. The molecule has 25 heavy (non-hydrogen) atoms. The zero-order chi connectivity index (χ0) is 17.6. The highest BCUT2D eigenvalue weighted by Crippen LogP contribution is 2.17. The number of anilines is 1. The molecule has 1 saturated heterocycles. The van der Waals surface area contributed by atoms with Crippen LogP contribution in [0.1, 0.15) is 12.5 Å². The Hall–Kier alpha value is -2.27. The first kappa shape index (κ1) is 17.5. The van der Waals surface area contributed by atoms with Gasteiger partial charge in [-0.05, 0) is 36.2 Å². The summed E-state index contributed by atoms with van der Waals surface area (Å²) >= 11 is 5.87. The minimum absolute atomic E-state index is 0.0169. The van der Waals surface area contributed by atoms with Crippen molar-refractivity contribution >= 4 is 23.3 Å². The van der Waals surface area contributed by atoms with Crippen LogP contribution in [0.5, 0.6) is 5.75 Å². The summed E-state index contributed by atoms with van der Waals surface area (Å²) in [5.41, 5.74) is 1.26. The lowest BCUT2D eigenvalue weighted by molar-refractivity contribution is -0.133. The number of halogens is 1. The fourth-order valence-corrected chi connectivity index (χ4v) is 2.91. The maximum Gasteiger partial charge on any atom is 0.260 e. The second kappa shape index (κ2) is 8.21. The molecule has 1 fully saturated rings. The maximum atomic E-state index is 12.3. The van der Waals surface area contributed by atoms with Gasteiger partial charge in [-0.3, -0.25) is 4.79 Å². The van der Waals surface area contributed by atoms with E-state index < -0.39 is 0 Å². The van der Waals surface area contributed by atoms with E-state index in [9.17, 15) is 4.79 Å². The molecular formula is C19H22ClN3O2. The molecule has 132 valence electrons. The van der Waals surface area contributed by atoms with Crippen LogP contribution in [0.15, 0.2) is 42.6 Å². The lowest BCUT2D eigenvalue weighted by Crippen LogP contribution is -2.50. The van der Waals surface area contributed by atoms with Crippen molar-refractivity contribution in [2.45, 2.75) is 13.3 Å². The van der Waals surface area contributed by atoms with Crippen molar-refractivity contribution in [3.8, 4) is 5.75 Å². The van der Waals surface area contributed by atoms with Gasteiger partial charge in [0.1, 0.15) is 11.6 Å². The fourth-order valence-electron chi connectivity index (χ4n) is 2.80. The van der Waals surface area contributed by atoms with Crippen molar-refractivity contribution in [3.05, 3.63) is 53.2 Å². The Morgan fingerprint density at radius 1 is 1.12 bits per heavy atom. The summed E-state index contributed by atoms with van der Waals surface area (Å²) in [6.07, 6.45) is 2.64. The molecule has 3 rings (SSSR count). The molecule has 0 saturated carbocycles. The Bertz CT molecular complexity index is 696. The number of aryl methyl sites for hydroxylation is 1. The summed E-state index contributed by atoms with van der Waals surface area (Å²) in [6.45, 7) is 5.03. The zero-order valence-corrected chi connectivity index (χ0v) is 15.1. The number of aromatic nitrogens is 1. The van der Waals surface area contributed by atoms with E-state index in [0.29, 0.717) is 18.1 Å². The molecule has 2 heterocycles. The summed E-state index contributed by atoms with van der Waals surface area (Å²) in [5.74, 6) is 1.64. The van der Waals surface area contributed by atoms with Crippen molar-refractivity contribution in [3.63, 3.8) is 0 Å². The molecule has 5 nitrogen and oxygen atoms in total. The first-order valence-corrected chi connectivity index (χ1v) is 8.89. The van der Waals surface area contributed by atoms with Crippen LogP contribution in [-0.2, 0) is 11.2 Å². The SMILES string of the molecule is CCc1ccc(OCC(=O)N2CCN(c3ccc(Cl)cn3)CC2)cc1. The highest BCUT2D eigenvalue weighted by atomic mass is 35.5. The number of pyridine rings is 1. The molecule has 0 aliphatic carbocycles. The van der Waals surface area contributed by atoms with E-state index in [1.807, 2.05) is 41.3 Å². The minimum Gasteiger partial charge on any atom is -0.484 e. The third-order valence-electron chi connectivity index (χ3n) is 4.36. The van der Waals surface area contributed by atoms with E-state index in [-0.39, 0.29) is 12.5 Å². The molecule has 1 amide bonds. The van der Waals surface area contributed by atoms with Gasteiger partial charge in [0.05, 0.1) is 5.02 Å². The topological polar surface area (TPSA) is 45.7 Å². The number of rotatable bonds is 5. The Kier molecular flexibility index (Phi) is 5.76. The quantitative estimate of drug-likeness (QED) is 0.823. The van der Waals surface area contributed by atoms with E-state index in [1.54, 1.807) is 6.20 Å².